The SMILES string of the molecule is CCCN(CC)C(=O)Oc1ccc2c(c1)[C@@]1(C)CCCC[C@H]3CC3(C2)[C@@H]1N. The fourth-order valence-electron chi connectivity index (χ4n) is 5.95. The van der Waals surface area contributed by atoms with Gasteiger partial charge in [-0.2, -0.15) is 0 Å². The van der Waals surface area contributed by atoms with Gasteiger partial charge in [-0.15, -0.1) is 0 Å². The Balaban J connectivity index is 1.64. The Labute approximate surface area is 163 Å². The van der Waals surface area contributed by atoms with Crippen molar-refractivity contribution in [3.8, 4) is 5.75 Å². The molecule has 0 heterocycles. The van der Waals surface area contributed by atoms with Gasteiger partial charge in [0.2, 0.25) is 0 Å². The molecule has 2 bridgehead atoms. The van der Waals surface area contributed by atoms with Crippen LogP contribution in [0.3, 0.4) is 0 Å². The van der Waals surface area contributed by atoms with Crippen molar-refractivity contribution in [2.24, 2.45) is 17.1 Å². The van der Waals surface area contributed by atoms with Gasteiger partial charge < -0.3 is 15.4 Å². The van der Waals surface area contributed by atoms with Gasteiger partial charge in [-0.3, -0.25) is 0 Å². The zero-order valence-electron chi connectivity index (χ0n) is 17.1. The van der Waals surface area contributed by atoms with Crippen molar-refractivity contribution >= 4 is 6.09 Å². The second kappa shape index (κ2) is 6.80. The lowest BCUT2D eigenvalue weighted by Crippen LogP contribution is -2.54. The third-order valence-electron chi connectivity index (χ3n) is 7.64. The van der Waals surface area contributed by atoms with Gasteiger partial charge in [-0.25, -0.2) is 4.79 Å². The number of nitrogens with zero attached hydrogens (tertiary/aromatic N) is 1. The maximum atomic E-state index is 12.5. The zero-order chi connectivity index (χ0) is 19.2. The van der Waals surface area contributed by atoms with E-state index in [1.807, 2.05) is 13.0 Å². The first-order valence-electron chi connectivity index (χ1n) is 10.8. The summed E-state index contributed by atoms with van der Waals surface area (Å²) < 4.78 is 5.74. The lowest BCUT2D eigenvalue weighted by molar-refractivity contribution is 0.154. The molecule has 0 radical (unpaired) electrons. The summed E-state index contributed by atoms with van der Waals surface area (Å²) in [6, 6.07) is 6.49. The summed E-state index contributed by atoms with van der Waals surface area (Å²) in [5.74, 6) is 1.47. The largest absolute Gasteiger partial charge is 0.415 e. The lowest BCUT2D eigenvalue weighted by Gasteiger charge is -2.48. The lowest BCUT2D eigenvalue weighted by atomic mass is 9.59. The molecule has 1 spiro atoms. The summed E-state index contributed by atoms with van der Waals surface area (Å²) in [6.07, 6.45) is 8.10. The number of hydrogen-bond acceptors (Lipinski definition) is 3. The van der Waals surface area contributed by atoms with E-state index in [0.29, 0.717) is 17.7 Å². The number of rotatable bonds is 4. The van der Waals surface area contributed by atoms with Crippen LogP contribution < -0.4 is 10.5 Å². The summed E-state index contributed by atoms with van der Waals surface area (Å²) >= 11 is 0. The smallest absolute Gasteiger partial charge is 0.410 e. The van der Waals surface area contributed by atoms with Gasteiger partial charge in [0.25, 0.3) is 0 Å². The Bertz CT molecular complexity index is 733. The van der Waals surface area contributed by atoms with Crippen LogP contribution in [0.25, 0.3) is 0 Å². The maximum Gasteiger partial charge on any atom is 0.415 e. The molecule has 0 saturated heterocycles. The average Bonchev–Trinajstić information content (AvgIpc) is 3.35. The molecule has 148 valence electrons. The van der Waals surface area contributed by atoms with Crippen molar-refractivity contribution < 1.29 is 9.53 Å². The van der Waals surface area contributed by atoms with Crippen molar-refractivity contribution in [2.45, 2.75) is 77.2 Å². The zero-order valence-corrected chi connectivity index (χ0v) is 17.1. The number of amides is 1. The molecule has 2 saturated carbocycles. The fraction of sp³-hybridized carbons (Fsp3) is 0.696. The van der Waals surface area contributed by atoms with Crippen molar-refractivity contribution in [3.63, 3.8) is 0 Å². The summed E-state index contributed by atoms with van der Waals surface area (Å²) in [4.78, 5) is 14.3. The van der Waals surface area contributed by atoms with Gasteiger partial charge in [-0.05, 0) is 73.6 Å². The molecule has 27 heavy (non-hydrogen) atoms. The van der Waals surface area contributed by atoms with Crippen LogP contribution >= 0.6 is 0 Å². The van der Waals surface area contributed by atoms with Crippen LogP contribution in [0.4, 0.5) is 4.79 Å². The molecule has 1 amide bonds. The van der Waals surface area contributed by atoms with E-state index < -0.39 is 0 Å². The van der Waals surface area contributed by atoms with Gasteiger partial charge in [0.05, 0.1) is 0 Å². The molecule has 4 nitrogen and oxygen atoms in total. The van der Waals surface area contributed by atoms with Crippen molar-refractivity contribution in [2.75, 3.05) is 13.1 Å². The van der Waals surface area contributed by atoms with E-state index >= 15 is 0 Å². The number of ether oxygens (including phenoxy) is 1. The van der Waals surface area contributed by atoms with Gasteiger partial charge in [0.1, 0.15) is 5.75 Å². The highest BCUT2D eigenvalue weighted by molar-refractivity contribution is 5.71. The summed E-state index contributed by atoms with van der Waals surface area (Å²) in [6.45, 7) is 7.81. The van der Waals surface area contributed by atoms with Crippen LogP contribution in [-0.2, 0) is 11.8 Å². The highest BCUT2D eigenvalue weighted by Crippen LogP contribution is 2.66. The molecular formula is C23H34N2O2. The standard InChI is InChI=1S/C23H34N2O2/c1-4-12-25(5-2)21(26)27-18-10-9-16-14-23-15-17(23)8-6-7-11-22(3,20(23)24)19(16)13-18/h9-10,13,17,20H,4-8,11-12,14-15,24H2,1-3H3/t17-,20+,22+,23?/m0/s1. The molecule has 1 aromatic carbocycles. The number of carbonyl (C=O) groups is 1. The molecule has 4 heteroatoms. The Hall–Kier alpha value is -1.55. The van der Waals surface area contributed by atoms with Crippen LogP contribution in [-0.4, -0.2) is 30.1 Å². The quantitative estimate of drug-likeness (QED) is 0.840. The van der Waals surface area contributed by atoms with E-state index in [1.165, 1.54) is 36.8 Å². The number of carbonyl (C=O) groups excluding carboxylic acids is 1. The van der Waals surface area contributed by atoms with E-state index in [9.17, 15) is 4.79 Å². The monoisotopic (exact) mass is 370 g/mol. The predicted molar refractivity (Wildman–Crippen MR) is 108 cm³/mol. The van der Waals surface area contributed by atoms with Crippen molar-refractivity contribution in [1.82, 2.24) is 4.90 Å². The molecule has 4 rings (SSSR count). The number of fused-ring (bicyclic) bond motifs is 3. The van der Waals surface area contributed by atoms with Gasteiger partial charge in [0, 0.05) is 24.5 Å². The second-order valence-corrected chi connectivity index (χ2v) is 9.22. The minimum Gasteiger partial charge on any atom is -0.410 e. The molecule has 0 aromatic heterocycles. The van der Waals surface area contributed by atoms with E-state index in [2.05, 4.69) is 26.0 Å². The Kier molecular flexibility index (Phi) is 4.74. The molecule has 2 N–H and O–H groups in total. The van der Waals surface area contributed by atoms with E-state index in [1.54, 1.807) is 4.90 Å². The first-order chi connectivity index (χ1) is 12.9. The van der Waals surface area contributed by atoms with Crippen molar-refractivity contribution in [1.29, 1.82) is 0 Å². The van der Waals surface area contributed by atoms with E-state index in [0.717, 1.165) is 31.7 Å². The maximum absolute atomic E-state index is 12.5. The Morgan fingerprint density at radius 2 is 2.15 bits per heavy atom. The average molecular weight is 371 g/mol. The summed E-state index contributed by atoms with van der Waals surface area (Å²) in [7, 11) is 0. The van der Waals surface area contributed by atoms with Crippen LogP contribution in [0.15, 0.2) is 18.2 Å². The third kappa shape index (κ3) is 2.97. The Morgan fingerprint density at radius 3 is 2.89 bits per heavy atom. The van der Waals surface area contributed by atoms with Crippen LogP contribution in [0.5, 0.6) is 5.75 Å². The van der Waals surface area contributed by atoms with Crippen LogP contribution in [0, 0.1) is 11.3 Å². The predicted octanol–water partition coefficient (Wildman–Crippen LogP) is 4.64. The second-order valence-electron chi connectivity index (χ2n) is 9.22. The fourth-order valence-corrected chi connectivity index (χ4v) is 5.95. The highest BCUT2D eigenvalue weighted by Gasteiger charge is 2.64. The van der Waals surface area contributed by atoms with Gasteiger partial charge in [-0.1, -0.05) is 32.8 Å². The van der Waals surface area contributed by atoms with Crippen LogP contribution in [0.2, 0.25) is 0 Å². The molecular weight excluding hydrogens is 336 g/mol. The number of benzene rings is 1. The molecule has 3 aliphatic rings. The minimum absolute atomic E-state index is 0.0148. The number of nitrogens with two attached hydrogens (primary N) is 1. The molecule has 1 unspecified atom stereocenters. The van der Waals surface area contributed by atoms with Crippen LogP contribution in [0.1, 0.15) is 70.4 Å². The summed E-state index contributed by atoms with van der Waals surface area (Å²) in [5.41, 5.74) is 9.97. The third-order valence-corrected chi connectivity index (χ3v) is 7.64. The first-order valence-corrected chi connectivity index (χ1v) is 10.8. The van der Waals surface area contributed by atoms with Gasteiger partial charge >= 0.3 is 6.09 Å². The normalized spacial score (nSPS) is 33.9. The molecule has 2 fully saturated rings. The number of hydrogen-bond donors (Lipinski definition) is 1. The van der Waals surface area contributed by atoms with E-state index in [-0.39, 0.29) is 17.6 Å². The van der Waals surface area contributed by atoms with Gasteiger partial charge in [0.15, 0.2) is 0 Å². The topological polar surface area (TPSA) is 55.6 Å². The Morgan fingerprint density at radius 1 is 1.33 bits per heavy atom. The first kappa shape index (κ1) is 18.8. The molecule has 3 aliphatic carbocycles. The van der Waals surface area contributed by atoms with E-state index in [4.69, 9.17) is 10.5 Å². The minimum atomic E-state index is -0.249. The summed E-state index contributed by atoms with van der Waals surface area (Å²) in [5, 5.41) is 0. The molecule has 0 aliphatic heterocycles. The molecule has 1 aromatic rings. The molecule has 4 atom stereocenters. The van der Waals surface area contributed by atoms with Crippen molar-refractivity contribution in [3.05, 3.63) is 29.3 Å². The highest BCUT2D eigenvalue weighted by atomic mass is 16.6.